The molecule has 4 rings (SSSR count). The number of nitro benzene ring substituents is 1. The van der Waals surface area contributed by atoms with Gasteiger partial charge in [0.1, 0.15) is 15.5 Å². The Morgan fingerprint density at radius 2 is 1.53 bits per heavy atom. The third kappa shape index (κ3) is 5.07. The number of benzene rings is 3. The van der Waals surface area contributed by atoms with Crippen LogP contribution in [-0.2, 0) is 20.2 Å². The van der Waals surface area contributed by atoms with Crippen molar-refractivity contribution in [3.63, 3.8) is 0 Å². The number of fused-ring (bicyclic) bond motifs is 1. The number of hydrogen-bond donors (Lipinski definition) is 3. The molecule has 0 saturated heterocycles. The van der Waals surface area contributed by atoms with Gasteiger partial charge in [-0.15, -0.1) is 10.2 Å². The fourth-order valence-corrected chi connectivity index (χ4v) is 5.46. The molecule has 1 heterocycles. The van der Waals surface area contributed by atoms with E-state index < -0.39 is 51.4 Å². The molecule has 0 saturated carbocycles. The molecule has 13 nitrogen and oxygen atoms in total. The first-order chi connectivity index (χ1) is 16.7. The average Bonchev–Trinajstić information content (AvgIpc) is 3.15. The van der Waals surface area contributed by atoms with E-state index in [1.807, 2.05) is 19.1 Å². The first-order valence-electron chi connectivity index (χ1n) is 9.70. The summed E-state index contributed by atoms with van der Waals surface area (Å²) < 4.78 is 67.4. The number of non-ortho nitro benzene ring substituents is 1. The molecule has 4 N–H and O–H groups in total. The van der Waals surface area contributed by atoms with Crippen LogP contribution in [0.4, 0.5) is 21.5 Å². The van der Waals surface area contributed by atoms with Crippen molar-refractivity contribution in [3.8, 4) is 11.3 Å². The second-order valence-electron chi connectivity index (χ2n) is 7.46. The lowest BCUT2D eigenvalue weighted by Crippen LogP contribution is -2.04. The fraction of sp³-hybridized carbons (Fsp3) is 0.0500. The van der Waals surface area contributed by atoms with Crippen molar-refractivity contribution in [2.45, 2.75) is 16.7 Å². The molecule has 0 aliphatic carbocycles. The number of nitrogens with two attached hydrogens (primary N) is 1. The van der Waals surface area contributed by atoms with Gasteiger partial charge in [-0.05, 0) is 19.1 Å². The predicted molar refractivity (Wildman–Crippen MR) is 131 cm³/mol. The van der Waals surface area contributed by atoms with Crippen LogP contribution in [0.1, 0.15) is 5.56 Å². The molecule has 16 heteroatoms. The summed E-state index contributed by atoms with van der Waals surface area (Å²) in [6.07, 6.45) is 0. The van der Waals surface area contributed by atoms with E-state index in [-0.39, 0.29) is 15.8 Å². The molecular weight excluding hydrogens is 534 g/mol. The number of nitro groups is 1. The molecule has 0 radical (unpaired) electrons. The van der Waals surface area contributed by atoms with E-state index in [0.29, 0.717) is 17.3 Å². The molecule has 0 spiro atoms. The number of hydrogen-bond acceptors (Lipinski definition) is 11. The number of nitrogens with zero attached hydrogens (tertiary/aromatic N) is 4. The van der Waals surface area contributed by atoms with Crippen LogP contribution in [-0.4, -0.2) is 35.8 Å². The Labute approximate surface area is 207 Å². The van der Waals surface area contributed by atoms with Crippen LogP contribution in [0.15, 0.2) is 68.6 Å². The van der Waals surface area contributed by atoms with Crippen molar-refractivity contribution in [2.24, 2.45) is 10.2 Å². The largest absolute Gasteiger partial charge is 0.375 e. The highest BCUT2D eigenvalue weighted by atomic mass is 32.2. The van der Waals surface area contributed by atoms with Crippen molar-refractivity contribution in [2.75, 3.05) is 5.73 Å². The van der Waals surface area contributed by atoms with E-state index in [2.05, 4.69) is 15.2 Å². The molecule has 0 unspecified atom stereocenters. The van der Waals surface area contributed by atoms with E-state index in [1.165, 1.54) is 0 Å². The quantitative estimate of drug-likeness (QED) is 0.131. The number of azo groups is 1. The molecule has 0 amide bonds. The van der Waals surface area contributed by atoms with Crippen LogP contribution in [0.5, 0.6) is 0 Å². The minimum Gasteiger partial charge on any atom is -0.375 e. The Bertz CT molecular complexity index is 1780. The molecule has 0 aliphatic rings. The van der Waals surface area contributed by atoms with Crippen LogP contribution in [0.2, 0.25) is 0 Å². The van der Waals surface area contributed by atoms with Crippen LogP contribution in [0.25, 0.3) is 22.0 Å². The van der Waals surface area contributed by atoms with Crippen LogP contribution >= 0.6 is 11.3 Å². The third-order valence-electron chi connectivity index (χ3n) is 4.94. The van der Waals surface area contributed by atoms with Crippen molar-refractivity contribution < 1.29 is 30.9 Å². The summed E-state index contributed by atoms with van der Waals surface area (Å²) in [5, 5.41) is 18.8. The summed E-state index contributed by atoms with van der Waals surface area (Å²) in [6, 6.07) is 10.5. The Morgan fingerprint density at radius 1 is 0.944 bits per heavy atom. The van der Waals surface area contributed by atoms with Crippen molar-refractivity contribution in [1.29, 1.82) is 0 Å². The smallest absolute Gasteiger partial charge is 0.295 e. The SMILES string of the molecule is Cc1ccc(-c2nc(N)sc2N=Nc2cc(S(=O)(=O)O)c3cc([N+](=O)[O-])cc(S(=O)(=O)O)c3c2)cc1. The molecule has 186 valence electrons. The number of nitrogen functional groups attached to an aromatic ring is 1. The molecule has 0 aliphatic heterocycles. The minimum atomic E-state index is -5.05. The van der Waals surface area contributed by atoms with Crippen molar-refractivity contribution >= 4 is 63.9 Å². The maximum atomic E-state index is 12.1. The lowest BCUT2D eigenvalue weighted by Gasteiger charge is -2.09. The van der Waals surface area contributed by atoms with Gasteiger partial charge in [0.15, 0.2) is 10.1 Å². The fourth-order valence-electron chi connectivity index (χ4n) is 3.36. The summed E-state index contributed by atoms with van der Waals surface area (Å²) in [5.41, 5.74) is 6.84. The van der Waals surface area contributed by atoms with E-state index in [0.717, 1.165) is 35.1 Å². The molecule has 0 bridgehead atoms. The Hall–Kier alpha value is -3.83. The summed E-state index contributed by atoms with van der Waals surface area (Å²) in [5.74, 6) is 0. The normalized spacial score (nSPS) is 12.4. The van der Waals surface area contributed by atoms with Gasteiger partial charge in [-0.1, -0.05) is 41.2 Å². The lowest BCUT2D eigenvalue weighted by molar-refractivity contribution is -0.384. The highest BCUT2D eigenvalue weighted by Gasteiger charge is 2.25. The number of anilines is 1. The summed E-state index contributed by atoms with van der Waals surface area (Å²) in [7, 11) is -10.1. The van der Waals surface area contributed by atoms with Crippen LogP contribution < -0.4 is 5.73 Å². The van der Waals surface area contributed by atoms with E-state index in [4.69, 9.17) is 5.73 Å². The lowest BCUT2D eigenvalue weighted by atomic mass is 10.1. The van der Waals surface area contributed by atoms with Crippen LogP contribution in [0.3, 0.4) is 0 Å². The maximum absolute atomic E-state index is 12.1. The molecule has 36 heavy (non-hydrogen) atoms. The zero-order chi connectivity index (χ0) is 26.4. The summed E-state index contributed by atoms with van der Waals surface area (Å²) in [6.45, 7) is 1.90. The van der Waals surface area contributed by atoms with Gasteiger partial charge in [-0.3, -0.25) is 19.2 Å². The van der Waals surface area contributed by atoms with E-state index >= 15 is 0 Å². The second kappa shape index (κ2) is 8.99. The van der Waals surface area contributed by atoms with Crippen molar-refractivity contribution in [3.05, 3.63) is 64.2 Å². The third-order valence-corrected chi connectivity index (χ3v) is 7.49. The van der Waals surface area contributed by atoms with Gasteiger partial charge >= 0.3 is 0 Å². The van der Waals surface area contributed by atoms with Gasteiger partial charge in [0.25, 0.3) is 25.9 Å². The van der Waals surface area contributed by atoms with Gasteiger partial charge in [0, 0.05) is 28.5 Å². The zero-order valence-electron chi connectivity index (χ0n) is 18.1. The molecule has 1 aromatic heterocycles. The minimum absolute atomic E-state index is 0.178. The summed E-state index contributed by atoms with van der Waals surface area (Å²) in [4.78, 5) is 12.7. The zero-order valence-corrected chi connectivity index (χ0v) is 20.5. The monoisotopic (exact) mass is 549 g/mol. The standard InChI is InChI=1S/C20H15N5O8S3/c1-10-2-4-11(5-3-10)18-19(34-20(21)22-18)24-23-12-6-14-15(16(7-12)35(28,29)30)8-13(25(26)27)9-17(14)36(31,32)33/h2-9H,1H3,(H2,21,22)(H,28,29,30)(H,31,32,33). The Kier molecular flexibility index (Phi) is 6.31. The topological polar surface area (TPSA) is 216 Å². The van der Waals surface area contributed by atoms with Crippen LogP contribution in [0, 0.1) is 17.0 Å². The van der Waals surface area contributed by atoms with Gasteiger partial charge < -0.3 is 5.73 Å². The predicted octanol–water partition coefficient (Wildman–Crippen LogP) is 4.67. The number of rotatable bonds is 6. The van der Waals surface area contributed by atoms with Gasteiger partial charge in [0.2, 0.25) is 0 Å². The van der Waals surface area contributed by atoms with Gasteiger partial charge in [-0.2, -0.15) is 16.8 Å². The van der Waals surface area contributed by atoms with E-state index in [1.54, 1.807) is 12.1 Å². The summed E-state index contributed by atoms with van der Waals surface area (Å²) >= 11 is 0.986. The van der Waals surface area contributed by atoms with E-state index in [9.17, 15) is 36.1 Å². The number of thiazole rings is 1. The Morgan fingerprint density at radius 3 is 2.11 bits per heavy atom. The second-order valence-corrected chi connectivity index (χ2v) is 11.3. The molecule has 0 atom stereocenters. The highest BCUT2D eigenvalue weighted by Crippen LogP contribution is 2.40. The first kappa shape index (κ1) is 25.3. The van der Waals surface area contributed by atoms with Gasteiger partial charge in [0.05, 0.1) is 10.6 Å². The Balaban J connectivity index is 1.95. The average molecular weight is 550 g/mol. The highest BCUT2D eigenvalue weighted by molar-refractivity contribution is 7.86. The van der Waals surface area contributed by atoms with Gasteiger partial charge in [-0.25, -0.2) is 4.98 Å². The maximum Gasteiger partial charge on any atom is 0.295 e. The molecule has 0 fully saturated rings. The van der Waals surface area contributed by atoms with Crippen molar-refractivity contribution in [1.82, 2.24) is 4.98 Å². The number of aromatic nitrogens is 1. The number of aryl methyl sites for hydroxylation is 1. The molecule has 4 aromatic rings. The molecule has 3 aromatic carbocycles. The molecular formula is C20H15N5O8S3. The first-order valence-corrected chi connectivity index (χ1v) is 13.4.